The Labute approximate surface area is 168 Å². The fourth-order valence-electron chi connectivity index (χ4n) is 2.47. The van der Waals surface area contributed by atoms with Gasteiger partial charge in [0.2, 0.25) is 0 Å². The minimum absolute atomic E-state index is 0.0436. The number of carboxylic acid groups (broad SMARTS) is 1. The zero-order chi connectivity index (χ0) is 20.4. The molecular formula is C17H14Cl2FN5O3. The third-order valence-corrected chi connectivity index (χ3v) is 4.55. The van der Waals surface area contributed by atoms with Crippen molar-refractivity contribution in [3.63, 3.8) is 0 Å². The third-order valence-electron chi connectivity index (χ3n) is 3.92. The monoisotopic (exact) mass is 425 g/mol. The molecule has 2 aromatic heterocycles. The van der Waals surface area contributed by atoms with Gasteiger partial charge in [0, 0.05) is 17.4 Å². The summed E-state index contributed by atoms with van der Waals surface area (Å²) in [4.78, 5) is 23.6. The van der Waals surface area contributed by atoms with Crippen molar-refractivity contribution < 1.29 is 19.1 Å². The van der Waals surface area contributed by atoms with Crippen LogP contribution in [-0.2, 0) is 11.3 Å². The van der Waals surface area contributed by atoms with Gasteiger partial charge in [-0.15, -0.1) is 0 Å². The number of carbonyl (C=O) groups excluding carboxylic acids is 1. The number of aromatic nitrogens is 4. The first-order valence-electron chi connectivity index (χ1n) is 8.01. The van der Waals surface area contributed by atoms with Crippen molar-refractivity contribution in [1.82, 2.24) is 19.6 Å². The Morgan fingerprint density at radius 3 is 2.71 bits per heavy atom. The number of amides is 1. The van der Waals surface area contributed by atoms with E-state index >= 15 is 0 Å². The van der Waals surface area contributed by atoms with Crippen LogP contribution in [0.2, 0.25) is 10.0 Å². The molecule has 1 aromatic carbocycles. The van der Waals surface area contributed by atoms with E-state index < -0.39 is 23.7 Å². The number of rotatable bonds is 6. The lowest BCUT2D eigenvalue weighted by atomic mass is 10.2. The standard InChI is InChI=1S/C17H14Cl2FN5O3/c1-9(17(27)28)25-14(4-5-21-25)16(26)22-15-13(19)8-24(23-15)7-10-2-3-11(20)6-12(10)18/h2-6,8-9H,7H2,1H3,(H,27,28)(H,22,23,26). The average Bonchev–Trinajstić information content (AvgIpc) is 3.24. The molecule has 1 atom stereocenters. The highest BCUT2D eigenvalue weighted by molar-refractivity contribution is 6.33. The van der Waals surface area contributed by atoms with Crippen molar-refractivity contribution in [2.45, 2.75) is 19.5 Å². The highest BCUT2D eigenvalue weighted by Gasteiger charge is 2.22. The van der Waals surface area contributed by atoms with Gasteiger partial charge in [0.1, 0.15) is 22.6 Å². The first-order valence-corrected chi connectivity index (χ1v) is 8.76. The zero-order valence-electron chi connectivity index (χ0n) is 14.4. The van der Waals surface area contributed by atoms with Crippen LogP contribution in [0.15, 0.2) is 36.7 Å². The maximum atomic E-state index is 13.2. The number of benzene rings is 1. The van der Waals surface area contributed by atoms with Gasteiger partial charge in [0.05, 0.1) is 6.54 Å². The summed E-state index contributed by atoms with van der Waals surface area (Å²) in [5.74, 6) is -2.11. The molecule has 0 aliphatic heterocycles. The quantitative estimate of drug-likeness (QED) is 0.629. The molecule has 0 radical (unpaired) electrons. The van der Waals surface area contributed by atoms with Gasteiger partial charge in [-0.3, -0.25) is 9.48 Å². The van der Waals surface area contributed by atoms with Crippen molar-refractivity contribution in [2.24, 2.45) is 0 Å². The fourth-order valence-corrected chi connectivity index (χ4v) is 2.89. The van der Waals surface area contributed by atoms with Crippen LogP contribution in [0.5, 0.6) is 0 Å². The zero-order valence-corrected chi connectivity index (χ0v) is 15.9. The molecule has 1 amide bonds. The molecule has 11 heteroatoms. The molecule has 0 fully saturated rings. The molecule has 0 spiro atoms. The number of anilines is 1. The molecular weight excluding hydrogens is 412 g/mol. The van der Waals surface area contributed by atoms with Crippen LogP contribution >= 0.6 is 23.2 Å². The van der Waals surface area contributed by atoms with Crippen LogP contribution in [-0.4, -0.2) is 36.5 Å². The fraction of sp³-hybridized carbons (Fsp3) is 0.176. The van der Waals surface area contributed by atoms with Crippen LogP contribution in [0, 0.1) is 5.82 Å². The van der Waals surface area contributed by atoms with Gasteiger partial charge in [-0.1, -0.05) is 29.3 Å². The second-order valence-electron chi connectivity index (χ2n) is 5.89. The van der Waals surface area contributed by atoms with Gasteiger partial charge in [-0.25, -0.2) is 13.9 Å². The highest BCUT2D eigenvalue weighted by atomic mass is 35.5. The Kier molecular flexibility index (Phi) is 5.66. The van der Waals surface area contributed by atoms with E-state index in [0.717, 1.165) is 4.68 Å². The molecule has 0 aliphatic rings. The Morgan fingerprint density at radius 1 is 1.29 bits per heavy atom. The minimum Gasteiger partial charge on any atom is -0.480 e. The Balaban J connectivity index is 1.78. The van der Waals surface area contributed by atoms with E-state index in [9.17, 15) is 14.0 Å². The maximum absolute atomic E-state index is 13.2. The van der Waals surface area contributed by atoms with Crippen LogP contribution in [0.3, 0.4) is 0 Å². The summed E-state index contributed by atoms with van der Waals surface area (Å²) < 4.78 is 15.7. The van der Waals surface area contributed by atoms with Crippen LogP contribution in [0.4, 0.5) is 10.2 Å². The number of nitrogens with one attached hydrogen (secondary N) is 1. The number of aliphatic carboxylic acids is 1. The minimum atomic E-state index is -1.13. The molecule has 1 unspecified atom stereocenters. The van der Waals surface area contributed by atoms with Crippen molar-refractivity contribution in [1.29, 1.82) is 0 Å². The number of carbonyl (C=O) groups is 2. The van der Waals surface area contributed by atoms with E-state index in [2.05, 4.69) is 15.5 Å². The van der Waals surface area contributed by atoms with Gasteiger partial charge >= 0.3 is 5.97 Å². The van der Waals surface area contributed by atoms with E-state index in [1.807, 2.05) is 0 Å². The second kappa shape index (κ2) is 7.99. The van der Waals surface area contributed by atoms with Crippen molar-refractivity contribution in [3.8, 4) is 0 Å². The van der Waals surface area contributed by atoms with Crippen molar-refractivity contribution in [2.75, 3.05) is 5.32 Å². The predicted molar refractivity (Wildman–Crippen MR) is 100 cm³/mol. The predicted octanol–water partition coefficient (Wildman–Crippen LogP) is 3.47. The van der Waals surface area contributed by atoms with E-state index in [1.54, 1.807) is 0 Å². The summed E-state index contributed by atoms with van der Waals surface area (Å²) in [5.41, 5.74) is 0.663. The van der Waals surface area contributed by atoms with Crippen LogP contribution < -0.4 is 5.32 Å². The van der Waals surface area contributed by atoms with E-state index in [1.165, 1.54) is 48.3 Å². The largest absolute Gasteiger partial charge is 0.480 e. The molecule has 3 aromatic rings. The van der Waals surface area contributed by atoms with Crippen molar-refractivity contribution >= 4 is 40.9 Å². The first-order chi connectivity index (χ1) is 13.3. The Hall–Kier alpha value is -2.91. The van der Waals surface area contributed by atoms with Gasteiger partial charge in [0.15, 0.2) is 5.82 Å². The average molecular weight is 426 g/mol. The molecule has 2 N–H and O–H groups in total. The molecule has 0 saturated heterocycles. The van der Waals surface area contributed by atoms with Gasteiger partial charge in [-0.05, 0) is 30.7 Å². The molecule has 146 valence electrons. The van der Waals surface area contributed by atoms with Crippen molar-refractivity contribution in [3.05, 3.63) is 63.8 Å². The van der Waals surface area contributed by atoms with Gasteiger partial charge < -0.3 is 10.4 Å². The Bertz CT molecular complexity index is 1050. The molecule has 0 saturated carbocycles. The lowest BCUT2D eigenvalue weighted by Crippen LogP contribution is -2.24. The normalized spacial score (nSPS) is 12.0. The SMILES string of the molecule is CC(C(=O)O)n1nccc1C(=O)Nc1nn(Cc2ccc(F)cc2Cl)cc1Cl. The number of carboxylic acids is 1. The first kappa shape index (κ1) is 19.8. The smallest absolute Gasteiger partial charge is 0.328 e. The molecule has 3 rings (SSSR count). The third kappa shape index (κ3) is 4.15. The highest BCUT2D eigenvalue weighted by Crippen LogP contribution is 2.23. The van der Waals surface area contributed by atoms with Crippen LogP contribution in [0.1, 0.15) is 29.0 Å². The summed E-state index contributed by atoms with van der Waals surface area (Å²) in [6, 6.07) is 4.36. The molecule has 2 heterocycles. The summed E-state index contributed by atoms with van der Waals surface area (Å²) in [6.45, 7) is 1.61. The summed E-state index contributed by atoms with van der Waals surface area (Å²) >= 11 is 12.1. The van der Waals surface area contributed by atoms with E-state index in [-0.39, 0.29) is 28.1 Å². The number of halogens is 3. The molecule has 0 aliphatic carbocycles. The van der Waals surface area contributed by atoms with Gasteiger partial charge in [-0.2, -0.15) is 10.2 Å². The molecule has 0 bridgehead atoms. The van der Waals surface area contributed by atoms with Gasteiger partial charge in [0.25, 0.3) is 5.91 Å². The number of hydrogen-bond acceptors (Lipinski definition) is 4. The summed E-state index contributed by atoms with van der Waals surface area (Å²) in [7, 11) is 0. The van der Waals surface area contributed by atoms with Crippen LogP contribution in [0.25, 0.3) is 0 Å². The molecule has 28 heavy (non-hydrogen) atoms. The van der Waals surface area contributed by atoms with E-state index in [0.29, 0.717) is 5.56 Å². The molecule has 8 nitrogen and oxygen atoms in total. The Morgan fingerprint density at radius 2 is 2.04 bits per heavy atom. The maximum Gasteiger partial charge on any atom is 0.328 e. The summed E-state index contributed by atoms with van der Waals surface area (Å²) in [6.07, 6.45) is 2.80. The van der Waals surface area contributed by atoms with E-state index in [4.69, 9.17) is 28.3 Å². The topological polar surface area (TPSA) is 102 Å². The second-order valence-corrected chi connectivity index (χ2v) is 6.70. The number of hydrogen-bond donors (Lipinski definition) is 2. The summed E-state index contributed by atoms with van der Waals surface area (Å²) in [5, 5.41) is 20.1. The lowest BCUT2D eigenvalue weighted by Gasteiger charge is -2.11. The number of nitrogens with zero attached hydrogens (tertiary/aromatic N) is 4. The lowest BCUT2D eigenvalue weighted by molar-refractivity contribution is -0.140.